The molecule has 0 bridgehead atoms. The summed E-state index contributed by atoms with van der Waals surface area (Å²) in [6, 6.07) is 2.00. The molecule has 0 aliphatic carbocycles. The first-order valence-electron chi connectivity index (χ1n) is 4.77. The third-order valence-corrected chi connectivity index (χ3v) is 4.57. The molecule has 7 heteroatoms. The Hall–Kier alpha value is -1.78. The number of nitrogen functional groups attached to an aromatic ring is 2. The summed E-state index contributed by atoms with van der Waals surface area (Å²) in [7, 11) is 0. The number of ether oxygens (including phenoxy) is 1. The maximum atomic E-state index is 11.6. The van der Waals surface area contributed by atoms with E-state index in [1.807, 2.05) is 6.07 Å². The SMILES string of the molecule is CCOC(=O)c1sc2sc(C#N)c(N)c2c1N. The number of hydrogen-bond acceptors (Lipinski definition) is 7. The number of carbonyl (C=O) groups excluding carboxylic acids is 1. The van der Waals surface area contributed by atoms with Gasteiger partial charge in [-0.15, -0.1) is 22.7 Å². The second-order valence-corrected chi connectivity index (χ2v) is 5.48. The number of anilines is 2. The zero-order valence-electron chi connectivity index (χ0n) is 8.94. The van der Waals surface area contributed by atoms with Gasteiger partial charge >= 0.3 is 5.97 Å². The highest BCUT2D eigenvalue weighted by Gasteiger charge is 2.22. The predicted octanol–water partition coefficient (Wildman–Crippen LogP) is 2.18. The van der Waals surface area contributed by atoms with Crippen molar-refractivity contribution in [2.45, 2.75) is 6.92 Å². The number of carbonyl (C=O) groups is 1. The van der Waals surface area contributed by atoms with Crippen LogP contribution in [-0.4, -0.2) is 12.6 Å². The van der Waals surface area contributed by atoms with Crippen LogP contribution in [0.4, 0.5) is 11.4 Å². The van der Waals surface area contributed by atoms with Crippen LogP contribution in [-0.2, 0) is 4.74 Å². The standard InChI is InChI=1S/C10H9N3O2S2/c1-2-15-9(14)8-7(13)5-6(12)4(3-11)16-10(5)17-8/h2,12-13H2,1H3. The molecule has 0 aliphatic heterocycles. The summed E-state index contributed by atoms with van der Waals surface area (Å²) in [5.74, 6) is -0.448. The normalized spacial score (nSPS) is 10.4. The van der Waals surface area contributed by atoms with Gasteiger partial charge in [-0.2, -0.15) is 5.26 Å². The molecule has 0 aliphatic rings. The Morgan fingerprint density at radius 2 is 2.12 bits per heavy atom. The highest BCUT2D eigenvalue weighted by molar-refractivity contribution is 7.40. The molecule has 0 aromatic carbocycles. The summed E-state index contributed by atoms with van der Waals surface area (Å²) in [4.78, 5) is 12.4. The summed E-state index contributed by atoms with van der Waals surface area (Å²) in [6.45, 7) is 2.02. The molecule has 0 saturated carbocycles. The molecule has 0 amide bonds. The van der Waals surface area contributed by atoms with Gasteiger partial charge in [-0.25, -0.2) is 4.79 Å². The van der Waals surface area contributed by atoms with E-state index in [1.165, 1.54) is 22.7 Å². The number of nitrogens with zero attached hydrogens (tertiary/aromatic N) is 1. The summed E-state index contributed by atoms with van der Waals surface area (Å²) < 4.78 is 5.67. The molecule has 0 saturated heterocycles. The molecule has 88 valence electrons. The molecule has 0 spiro atoms. The Morgan fingerprint density at radius 1 is 1.41 bits per heavy atom. The van der Waals surface area contributed by atoms with Crippen LogP contribution in [0.15, 0.2) is 0 Å². The Morgan fingerprint density at radius 3 is 2.65 bits per heavy atom. The minimum absolute atomic E-state index is 0.294. The first kappa shape index (κ1) is 11.7. The van der Waals surface area contributed by atoms with E-state index in [2.05, 4.69) is 0 Å². The van der Waals surface area contributed by atoms with E-state index in [0.29, 0.717) is 33.1 Å². The monoisotopic (exact) mass is 267 g/mol. The zero-order chi connectivity index (χ0) is 12.6. The summed E-state index contributed by atoms with van der Waals surface area (Å²) in [6.07, 6.45) is 0. The van der Waals surface area contributed by atoms with Crippen molar-refractivity contribution in [3.05, 3.63) is 9.75 Å². The van der Waals surface area contributed by atoms with E-state index < -0.39 is 5.97 Å². The molecular formula is C10H9N3O2S2. The van der Waals surface area contributed by atoms with Crippen molar-refractivity contribution in [3.8, 4) is 6.07 Å². The first-order valence-corrected chi connectivity index (χ1v) is 6.40. The molecule has 5 nitrogen and oxygen atoms in total. The number of rotatable bonds is 2. The fraction of sp³-hybridized carbons (Fsp3) is 0.200. The van der Waals surface area contributed by atoms with Crippen LogP contribution in [0, 0.1) is 11.3 Å². The minimum atomic E-state index is -0.448. The Labute approximate surface area is 105 Å². The van der Waals surface area contributed by atoms with Gasteiger partial charge in [0.15, 0.2) is 0 Å². The van der Waals surface area contributed by atoms with Crippen LogP contribution in [0.3, 0.4) is 0 Å². The van der Waals surface area contributed by atoms with Gasteiger partial charge in [0.2, 0.25) is 0 Å². The highest BCUT2D eigenvalue weighted by atomic mass is 32.2. The fourth-order valence-electron chi connectivity index (χ4n) is 1.44. The van der Waals surface area contributed by atoms with Crippen molar-refractivity contribution >= 4 is 49.4 Å². The van der Waals surface area contributed by atoms with Crippen LogP contribution in [0.1, 0.15) is 21.5 Å². The van der Waals surface area contributed by atoms with E-state index in [-0.39, 0.29) is 0 Å². The molecule has 0 atom stereocenters. The Bertz CT molecular complexity index is 636. The predicted molar refractivity (Wildman–Crippen MR) is 69.2 cm³/mol. The first-order chi connectivity index (χ1) is 8.10. The van der Waals surface area contributed by atoms with E-state index in [0.717, 1.165) is 4.01 Å². The molecular weight excluding hydrogens is 258 g/mol. The number of esters is 1. The third-order valence-electron chi connectivity index (χ3n) is 2.18. The molecule has 2 heterocycles. The summed E-state index contributed by atoms with van der Waals surface area (Å²) in [5.41, 5.74) is 12.3. The summed E-state index contributed by atoms with van der Waals surface area (Å²) >= 11 is 2.45. The van der Waals surface area contributed by atoms with Crippen molar-refractivity contribution in [2.75, 3.05) is 18.1 Å². The van der Waals surface area contributed by atoms with Crippen LogP contribution in [0.25, 0.3) is 9.40 Å². The van der Waals surface area contributed by atoms with Crippen molar-refractivity contribution in [1.82, 2.24) is 0 Å². The fourth-order valence-corrected chi connectivity index (χ4v) is 3.73. The van der Waals surface area contributed by atoms with Gasteiger partial charge in [0, 0.05) is 0 Å². The molecule has 0 fully saturated rings. The Balaban J connectivity index is 2.60. The second-order valence-electron chi connectivity index (χ2n) is 3.18. The topological polar surface area (TPSA) is 102 Å². The average molecular weight is 267 g/mol. The number of hydrogen-bond donors (Lipinski definition) is 2. The number of thiophene rings is 2. The van der Waals surface area contributed by atoms with Crippen LogP contribution < -0.4 is 11.5 Å². The number of nitriles is 1. The van der Waals surface area contributed by atoms with Gasteiger partial charge < -0.3 is 16.2 Å². The van der Waals surface area contributed by atoms with Gasteiger partial charge in [-0.3, -0.25) is 0 Å². The molecule has 2 rings (SSSR count). The zero-order valence-corrected chi connectivity index (χ0v) is 10.6. The van der Waals surface area contributed by atoms with Gasteiger partial charge in [-0.1, -0.05) is 0 Å². The maximum Gasteiger partial charge on any atom is 0.350 e. The lowest BCUT2D eigenvalue weighted by molar-refractivity contribution is 0.0533. The lowest BCUT2D eigenvalue weighted by atomic mass is 10.2. The maximum absolute atomic E-state index is 11.6. The van der Waals surface area contributed by atoms with Crippen LogP contribution in [0.2, 0.25) is 0 Å². The lowest BCUT2D eigenvalue weighted by Crippen LogP contribution is -2.05. The number of fused-ring (bicyclic) bond motifs is 1. The third kappa shape index (κ3) is 1.71. The van der Waals surface area contributed by atoms with Gasteiger partial charge in [0.05, 0.1) is 27.4 Å². The average Bonchev–Trinajstić information content (AvgIpc) is 2.78. The molecule has 2 aromatic rings. The van der Waals surface area contributed by atoms with E-state index in [9.17, 15) is 4.79 Å². The molecule has 17 heavy (non-hydrogen) atoms. The molecule has 0 unspecified atom stereocenters. The van der Waals surface area contributed by atoms with E-state index >= 15 is 0 Å². The van der Waals surface area contributed by atoms with Crippen LogP contribution >= 0.6 is 22.7 Å². The van der Waals surface area contributed by atoms with Crippen molar-refractivity contribution in [1.29, 1.82) is 5.26 Å². The van der Waals surface area contributed by atoms with E-state index in [1.54, 1.807) is 6.92 Å². The largest absolute Gasteiger partial charge is 0.462 e. The molecule has 4 N–H and O–H groups in total. The minimum Gasteiger partial charge on any atom is -0.462 e. The van der Waals surface area contributed by atoms with Crippen LogP contribution in [0.5, 0.6) is 0 Å². The van der Waals surface area contributed by atoms with Gasteiger partial charge in [-0.05, 0) is 6.92 Å². The van der Waals surface area contributed by atoms with Crippen molar-refractivity contribution < 1.29 is 9.53 Å². The lowest BCUT2D eigenvalue weighted by Gasteiger charge is -1.99. The van der Waals surface area contributed by atoms with Gasteiger partial charge in [0.25, 0.3) is 0 Å². The molecule has 0 radical (unpaired) electrons. The van der Waals surface area contributed by atoms with E-state index in [4.69, 9.17) is 21.5 Å². The molecule has 2 aromatic heterocycles. The smallest absolute Gasteiger partial charge is 0.350 e. The van der Waals surface area contributed by atoms with Crippen molar-refractivity contribution in [3.63, 3.8) is 0 Å². The van der Waals surface area contributed by atoms with Crippen molar-refractivity contribution in [2.24, 2.45) is 0 Å². The number of nitrogens with two attached hydrogens (primary N) is 2. The highest BCUT2D eigenvalue weighted by Crippen LogP contribution is 2.44. The summed E-state index contributed by atoms with van der Waals surface area (Å²) in [5, 5.41) is 9.44. The second kappa shape index (κ2) is 4.24. The van der Waals surface area contributed by atoms with Gasteiger partial charge in [0.1, 0.15) is 15.8 Å². The quantitative estimate of drug-likeness (QED) is 0.812. The Kier molecular flexibility index (Phi) is 2.92.